The SMILES string of the molecule is CC[C@H](C)[C@H](NC(=O)OCc1ccccc1)C(=O)N[C@]1(C(=O)N[C@@H](CC2CCCCC2)C(N)=O)CCc2[nH]c3c(Cl)cc(Cl)cc3c2C1. The van der Waals surface area contributed by atoms with E-state index >= 15 is 0 Å². The summed E-state index contributed by atoms with van der Waals surface area (Å²) in [6, 6.07) is 10.8. The van der Waals surface area contributed by atoms with Crippen LogP contribution in [-0.2, 0) is 38.6 Å². The molecule has 1 aromatic heterocycles. The number of amides is 4. The van der Waals surface area contributed by atoms with Crippen molar-refractivity contribution >= 4 is 57.9 Å². The first kappa shape index (κ1) is 35.5. The number of ether oxygens (including phenoxy) is 1. The number of carbonyl (C=O) groups excluding carboxylic acids is 4. The fraction of sp³-hybridized carbons (Fsp3) is 0.500. The highest BCUT2D eigenvalue weighted by atomic mass is 35.5. The van der Waals surface area contributed by atoms with E-state index in [9.17, 15) is 19.2 Å². The molecular formula is C36H45Cl2N5O5. The van der Waals surface area contributed by atoms with Crippen LogP contribution in [-0.4, -0.2) is 46.4 Å². The second kappa shape index (κ2) is 15.6. The minimum atomic E-state index is -1.46. The summed E-state index contributed by atoms with van der Waals surface area (Å²) >= 11 is 12.9. The van der Waals surface area contributed by atoms with Crippen molar-refractivity contribution in [1.82, 2.24) is 20.9 Å². The van der Waals surface area contributed by atoms with Crippen molar-refractivity contribution in [3.8, 4) is 0 Å². The van der Waals surface area contributed by atoms with Gasteiger partial charge in [-0.05, 0) is 54.4 Å². The van der Waals surface area contributed by atoms with Gasteiger partial charge < -0.3 is 31.4 Å². The fourth-order valence-corrected chi connectivity index (χ4v) is 7.58. The van der Waals surface area contributed by atoms with Gasteiger partial charge in [-0.2, -0.15) is 0 Å². The highest BCUT2D eigenvalue weighted by Gasteiger charge is 2.46. The summed E-state index contributed by atoms with van der Waals surface area (Å²) in [5.41, 5.74) is 7.57. The molecule has 258 valence electrons. The first-order valence-electron chi connectivity index (χ1n) is 16.9. The van der Waals surface area contributed by atoms with Crippen LogP contribution in [0.4, 0.5) is 4.79 Å². The summed E-state index contributed by atoms with van der Waals surface area (Å²) in [5, 5.41) is 10.4. The van der Waals surface area contributed by atoms with Gasteiger partial charge in [0.05, 0.1) is 10.5 Å². The topological polar surface area (TPSA) is 155 Å². The number of H-pyrrole nitrogens is 1. The van der Waals surface area contributed by atoms with Crippen LogP contribution in [0, 0.1) is 11.8 Å². The zero-order chi connectivity index (χ0) is 34.4. The van der Waals surface area contributed by atoms with E-state index in [1.165, 1.54) is 0 Å². The third-order valence-electron chi connectivity index (χ3n) is 10.0. The molecule has 10 nitrogen and oxygen atoms in total. The highest BCUT2D eigenvalue weighted by molar-refractivity contribution is 6.38. The third kappa shape index (κ3) is 8.26. The molecule has 1 heterocycles. The minimum Gasteiger partial charge on any atom is -0.445 e. The van der Waals surface area contributed by atoms with Crippen LogP contribution in [0.15, 0.2) is 42.5 Å². The van der Waals surface area contributed by atoms with Gasteiger partial charge in [-0.25, -0.2) is 4.79 Å². The molecule has 6 N–H and O–H groups in total. The van der Waals surface area contributed by atoms with E-state index in [-0.39, 0.29) is 31.3 Å². The molecule has 0 saturated heterocycles. The number of hydrogen-bond donors (Lipinski definition) is 5. The lowest BCUT2D eigenvalue weighted by Crippen LogP contribution is -2.66. The molecule has 4 atom stereocenters. The number of hydrogen-bond acceptors (Lipinski definition) is 5. The monoisotopic (exact) mass is 697 g/mol. The van der Waals surface area contributed by atoms with Crippen LogP contribution in [0.1, 0.15) is 82.0 Å². The number of carbonyl (C=O) groups is 4. The number of aromatic amines is 1. The molecule has 2 aliphatic rings. The number of nitrogens with two attached hydrogens (primary N) is 1. The third-order valence-corrected chi connectivity index (χ3v) is 10.5. The van der Waals surface area contributed by atoms with Crippen LogP contribution in [0.25, 0.3) is 10.9 Å². The number of halogens is 2. The molecule has 1 fully saturated rings. The van der Waals surface area contributed by atoms with Crippen LogP contribution in [0.2, 0.25) is 10.0 Å². The van der Waals surface area contributed by atoms with Crippen molar-refractivity contribution in [1.29, 1.82) is 0 Å². The van der Waals surface area contributed by atoms with Gasteiger partial charge in [-0.15, -0.1) is 0 Å². The molecular weight excluding hydrogens is 653 g/mol. The number of fused-ring (bicyclic) bond motifs is 3. The van der Waals surface area contributed by atoms with Gasteiger partial charge in [0.2, 0.25) is 17.7 Å². The molecule has 12 heteroatoms. The smallest absolute Gasteiger partial charge is 0.408 e. The minimum absolute atomic E-state index is 0.0395. The molecule has 0 spiro atoms. The van der Waals surface area contributed by atoms with Crippen molar-refractivity contribution in [2.24, 2.45) is 17.6 Å². The number of rotatable bonds is 12. The van der Waals surface area contributed by atoms with Gasteiger partial charge in [-0.1, -0.05) is 106 Å². The normalized spacial score (nSPS) is 19.8. The van der Waals surface area contributed by atoms with Gasteiger partial charge in [0.15, 0.2) is 0 Å². The standard InChI is InChI=1S/C36H45Cl2N5O5/c1-3-21(2)30(42-35(47)48-20-23-12-8-5-9-13-23)33(45)43-36(34(46)41-29(32(39)44)16-22-10-6-4-7-11-22)15-14-28-26(19-36)25-17-24(37)18-27(38)31(25)40-28/h5,8-9,12-13,17-18,21-22,29-30,40H,3-4,6-7,10-11,14-16,19-20H2,1-2H3,(H2,39,44)(H,41,46)(H,42,47)(H,43,45)/t21-,29-,30-,36+/m0/s1. The quantitative estimate of drug-likeness (QED) is 0.155. The molecule has 3 aromatic rings. The molecule has 48 heavy (non-hydrogen) atoms. The fourth-order valence-electron chi connectivity index (χ4n) is 7.03. The number of nitrogens with one attached hydrogen (secondary N) is 4. The predicted octanol–water partition coefficient (Wildman–Crippen LogP) is 6.10. The van der Waals surface area contributed by atoms with Crippen molar-refractivity contribution in [2.45, 2.75) is 102 Å². The van der Waals surface area contributed by atoms with E-state index in [0.717, 1.165) is 54.3 Å². The lowest BCUT2D eigenvalue weighted by molar-refractivity contribution is -0.137. The Morgan fingerprint density at radius 1 is 1.06 bits per heavy atom. The van der Waals surface area contributed by atoms with Crippen molar-refractivity contribution < 1.29 is 23.9 Å². The van der Waals surface area contributed by atoms with E-state index in [1.54, 1.807) is 12.1 Å². The Morgan fingerprint density at radius 2 is 1.79 bits per heavy atom. The van der Waals surface area contributed by atoms with E-state index in [0.29, 0.717) is 34.8 Å². The largest absolute Gasteiger partial charge is 0.445 e. The van der Waals surface area contributed by atoms with Crippen LogP contribution in [0.5, 0.6) is 0 Å². The lowest BCUT2D eigenvalue weighted by Gasteiger charge is -2.39. The maximum Gasteiger partial charge on any atom is 0.408 e. The van der Waals surface area contributed by atoms with Gasteiger partial charge in [0, 0.05) is 22.5 Å². The Morgan fingerprint density at radius 3 is 2.48 bits per heavy atom. The summed E-state index contributed by atoms with van der Waals surface area (Å²) < 4.78 is 5.43. The molecule has 2 aromatic carbocycles. The molecule has 1 saturated carbocycles. The number of aromatic nitrogens is 1. The second-order valence-electron chi connectivity index (χ2n) is 13.4. The van der Waals surface area contributed by atoms with Gasteiger partial charge in [0.1, 0.15) is 24.2 Å². The zero-order valence-electron chi connectivity index (χ0n) is 27.5. The average molecular weight is 699 g/mol. The van der Waals surface area contributed by atoms with E-state index in [4.69, 9.17) is 33.7 Å². The maximum atomic E-state index is 14.4. The molecule has 0 aliphatic heterocycles. The number of aryl methyl sites for hydroxylation is 1. The number of benzene rings is 2. The number of alkyl carbamates (subject to hydrolysis) is 1. The predicted molar refractivity (Wildman–Crippen MR) is 187 cm³/mol. The summed E-state index contributed by atoms with van der Waals surface area (Å²) in [4.78, 5) is 57.6. The van der Waals surface area contributed by atoms with E-state index in [2.05, 4.69) is 20.9 Å². The Labute approximate surface area is 291 Å². The molecule has 0 unspecified atom stereocenters. The first-order valence-corrected chi connectivity index (χ1v) is 17.6. The van der Waals surface area contributed by atoms with Crippen molar-refractivity contribution in [2.75, 3.05) is 0 Å². The molecule has 0 bridgehead atoms. The Balaban J connectivity index is 1.43. The van der Waals surface area contributed by atoms with Crippen LogP contribution < -0.4 is 21.7 Å². The molecule has 2 aliphatic carbocycles. The van der Waals surface area contributed by atoms with E-state index < -0.39 is 41.4 Å². The summed E-state index contributed by atoms with van der Waals surface area (Å²) in [5.74, 6) is -1.66. The Kier molecular flexibility index (Phi) is 11.6. The zero-order valence-corrected chi connectivity index (χ0v) is 29.0. The van der Waals surface area contributed by atoms with Gasteiger partial charge in [0.25, 0.3) is 0 Å². The Hall–Kier alpha value is -3.76. The lowest BCUT2D eigenvalue weighted by atomic mass is 9.78. The molecule has 4 amide bonds. The summed E-state index contributed by atoms with van der Waals surface area (Å²) in [6.45, 7) is 3.81. The first-order chi connectivity index (χ1) is 23.0. The van der Waals surface area contributed by atoms with Crippen LogP contribution >= 0.6 is 23.2 Å². The van der Waals surface area contributed by atoms with Gasteiger partial charge >= 0.3 is 6.09 Å². The maximum absolute atomic E-state index is 14.4. The second-order valence-corrected chi connectivity index (χ2v) is 14.2. The average Bonchev–Trinajstić information content (AvgIpc) is 3.44. The molecule has 5 rings (SSSR count). The van der Waals surface area contributed by atoms with Crippen molar-refractivity contribution in [3.05, 3.63) is 69.3 Å². The summed E-state index contributed by atoms with van der Waals surface area (Å²) in [6.07, 6.45) is 6.30. The Bertz CT molecular complexity index is 1640. The summed E-state index contributed by atoms with van der Waals surface area (Å²) in [7, 11) is 0. The van der Waals surface area contributed by atoms with Gasteiger partial charge in [-0.3, -0.25) is 14.4 Å². The number of primary amides is 1. The van der Waals surface area contributed by atoms with E-state index in [1.807, 2.05) is 44.2 Å². The van der Waals surface area contributed by atoms with Crippen molar-refractivity contribution in [3.63, 3.8) is 0 Å². The molecule has 0 radical (unpaired) electrons. The van der Waals surface area contributed by atoms with Crippen LogP contribution in [0.3, 0.4) is 0 Å². The highest BCUT2D eigenvalue weighted by Crippen LogP contribution is 2.38.